The third-order valence-corrected chi connectivity index (χ3v) is 6.26. The van der Waals surface area contributed by atoms with Gasteiger partial charge < -0.3 is 20.1 Å². The molecule has 2 unspecified atom stereocenters. The number of rotatable bonds is 3. The molecule has 1 amide bonds. The standard InChI is InChI=1S/C24H24ClN3O3/c1-14(29)15-2-3-19-18(4-5-27-21(19)11-15)20-13-17(25)10-16-12-22(31-23(16)20)24(30)28-8-6-26-7-9-28/h2-5,10-11,13-14,22,26,29H,6-9,12H2,1H3. The molecule has 2 atom stereocenters. The molecule has 3 heterocycles. The third-order valence-electron chi connectivity index (χ3n) is 6.04. The monoisotopic (exact) mass is 437 g/mol. The predicted octanol–water partition coefficient (Wildman–Crippen LogP) is 3.34. The minimum Gasteiger partial charge on any atom is -0.479 e. The van der Waals surface area contributed by atoms with E-state index in [1.54, 1.807) is 13.1 Å². The number of fused-ring (bicyclic) bond motifs is 2. The average Bonchev–Trinajstić information content (AvgIpc) is 3.21. The van der Waals surface area contributed by atoms with Crippen LogP contribution in [0.2, 0.25) is 5.02 Å². The molecule has 2 aliphatic rings. The molecule has 1 saturated heterocycles. The number of hydrogen-bond donors (Lipinski definition) is 2. The van der Waals surface area contributed by atoms with E-state index in [0.29, 0.717) is 30.3 Å². The van der Waals surface area contributed by atoms with Gasteiger partial charge >= 0.3 is 0 Å². The summed E-state index contributed by atoms with van der Waals surface area (Å²) in [5.41, 5.74) is 4.34. The van der Waals surface area contributed by atoms with E-state index in [9.17, 15) is 9.90 Å². The van der Waals surface area contributed by atoms with Gasteiger partial charge in [0.2, 0.25) is 0 Å². The molecule has 1 fully saturated rings. The molecule has 1 aromatic heterocycles. The molecule has 0 bridgehead atoms. The number of piperazine rings is 1. The van der Waals surface area contributed by atoms with Crippen LogP contribution in [0.4, 0.5) is 0 Å². The summed E-state index contributed by atoms with van der Waals surface area (Å²) < 4.78 is 6.24. The Morgan fingerprint density at radius 3 is 2.81 bits per heavy atom. The van der Waals surface area contributed by atoms with Gasteiger partial charge in [0.25, 0.3) is 5.91 Å². The van der Waals surface area contributed by atoms with Crippen LogP contribution in [0.15, 0.2) is 42.6 Å². The Bertz CT molecular complexity index is 1160. The van der Waals surface area contributed by atoms with E-state index in [-0.39, 0.29) is 5.91 Å². The first kappa shape index (κ1) is 20.2. The van der Waals surface area contributed by atoms with Crippen molar-refractivity contribution >= 4 is 28.4 Å². The Morgan fingerprint density at radius 2 is 2.03 bits per heavy atom. The number of carbonyl (C=O) groups excluding carboxylic acids is 1. The molecule has 6 nitrogen and oxygen atoms in total. The van der Waals surface area contributed by atoms with Crippen molar-refractivity contribution in [3.63, 3.8) is 0 Å². The van der Waals surface area contributed by atoms with E-state index in [1.807, 2.05) is 41.3 Å². The van der Waals surface area contributed by atoms with Crippen LogP contribution in [0.25, 0.3) is 22.0 Å². The van der Waals surface area contributed by atoms with E-state index < -0.39 is 12.2 Å². The van der Waals surface area contributed by atoms with Crippen molar-refractivity contribution in [1.82, 2.24) is 15.2 Å². The second-order valence-electron chi connectivity index (χ2n) is 8.14. The first-order chi connectivity index (χ1) is 15.0. The number of halogens is 1. The maximum absolute atomic E-state index is 13.0. The zero-order valence-electron chi connectivity index (χ0n) is 17.3. The van der Waals surface area contributed by atoms with Crippen LogP contribution in [0.1, 0.15) is 24.2 Å². The van der Waals surface area contributed by atoms with Crippen molar-refractivity contribution in [2.24, 2.45) is 0 Å². The Hall–Kier alpha value is -2.67. The number of hydrogen-bond acceptors (Lipinski definition) is 5. The fraction of sp³-hybridized carbons (Fsp3) is 0.333. The molecule has 2 aromatic carbocycles. The minimum absolute atomic E-state index is 0.0286. The van der Waals surface area contributed by atoms with Crippen LogP contribution in [0.5, 0.6) is 5.75 Å². The van der Waals surface area contributed by atoms with Gasteiger partial charge in [-0.25, -0.2) is 0 Å². The number of carbonyl (C=O) groups is 1. The molecule has 5 rings (SSSR count). The Balaban J connectivity index is 1.54. The number of pyridine rings is 1. The van der Waals surface area contributed by atoms with Gasteiger partial charge in [-0.05, 0) is 42.3 Å². The van der Waals surface area contributed by atoms with Gasteiger partial charge in [-0.3, -0.25) is 9.78 Å². The lowest BCUT2D eigenvalue weighted by molar-refractivity contribution is -0.138. The van der Waals surface area contributed by atoms with Gasteiger partial charge in [0.05, 0.1) is 11.6 Å². The van der Waals surface area contributed by atoms with Crippen LogP contribution in [0, 0.1) is 0 Å². The smallest absolute Gasteiger partial charge is 0.264 e. The van der Waals surface area contributed by atoms with Gasteiger partial charge in [-0.1, -0.05) is 23.7 Å². The summed E-state index contributed by atoms with van der Waals surface area (Å²) in [6.07, 6.45) is 1.17. The molecule has 0 saturated carbocycles. The topological polar surface area (TPSA) is 74.7 Å². The van der Waals surface area contributed by atoms with Crippen molar-refractivity contribution in [2.75, 3.05) is 26.2 Å². The van der Waals surface area contributed by atoms with Crippen molar-refractivity contribution in [1.29, 1.82) is 0 Å². The van der Waals surface area contributed by atoms with Crippen molar-refractivity contribution in [3.05, 3.63) is 58.7 Å². The Labute approximate surface area is 185 Å². The summed E-state index contributed by atoms with van der Waals surface area (Å²) in [6, 6.07) is 11.5. The van der Waals surface area contributed by atoms with E-state index in [2.05, 4.69) is 10.3 Å². The molecule has 160 valence electrons. The number of aliphatic hydroxyl groups excluding tert-OH is 1. The molecular weight excluding hydrogens is 414 g/mol. The summed E-state index contributed by atoms with van der Waals surface area (Å²) in [7, 11) is 0. The highest BCUT2D eigenvalue weighted by molar-refractivity contribution is 6.31. The van der Waals surface area contributed by atoms with Gasteiger partial charge in [0, 0.05) is 60.3 Å². The largest absolute Gasteiger partial charge is 0.479 e. The van der Waals surface area contributed by atoms with Gasteiger partial charge in [0.1, 0.15) is 5.75 Å². The first-order valence-electron chi connectivity index (χ1n) is 10.6. The fourth-order valence-corrected chi connectivity index (χ4v) is 4.65. The third kappa shape index (κ3) is 3.76. The average molecular weight is 438 g/mol. The van der Waals surface area contributed by atoms with Crippen molar-refractivity contribution < 1.29 is 14.6 Å². The number of benzene rings is 2. The normalized spacial score (nSPS) is 19.2. The van der Waals surface area contributed by atoms with Crippen molar-refractivity contribution in [3.8, 4) is 16.9 Å². The highest BCUT2D eigenvalue weighted by Gasteiger charge is 2.35. The van der Waals surface area contributed by atoms with E-state index >= 15 is 0 Å². The van der Waals surface area contributed by atoms with Gasteiger partial charge in [-0.15, -0.1) is 0 Å². The predicted molar refractivity (Wildman–Crippen MR) is 120 cm³/mol. The zero-order chi connectivity index (χ0) is 21.5. The molecule has 0 spiro atoms. The van der Waals surface area contributed by atoms with Crippen LogP contribution < -0.4 is 10.1 Å². The number of nitrogens with one attached hydrogen (secondary N) is 1. The van der Waals surface area contributed by atoms with Crippen LogP contribution in [0.3, 0.4) is 0 Å². The van der Waals surface area contributed by atoms with E-state index in [4.69, 9.17) is 16.3 Å². The number of aliphatic hydroxyl groups is 1. The number of nitrogens with zero attached hydrogens (tertiary/aromatic N) is 2. The fourth-order valence-electron chi connectivity index (χ4n) is 4.41. The van der Waals surface area contributed by atoms with E-state index in [1.165, 1.54) is 0 Å². The molecule has 0 radical (unpaired) electrons. The SMILES string of the molecule is CC(O)c1ccc2c(-c3cc(Cl)cc4c3OC(C(=O)N3CCNCC3)C4)ccnc2c1. The Morgan fingerprint density at radius 1 is 1.23 bits per heavy atom. The van der Waals surface area contributed by atoms with Crippen LogP contribution >= 0.6 is 11.6 Å². The van der Waals surface area contributed by atoms with Gasteiger partial charge in [0.15, 0.2) is 6.10 Å². The summed E-state index contributed by atoms with van der Waals surface area (Å²) in [4.78, 5) is 19.4. The highest BCUT2D eigenvalue weighted by atomic mass is 35.5. The number of ether oxygens (including phenoxy) is 1. The van der Waals surface area contributed by atoms with Crippen molar-refractivity contribution in [2.45, 2.75) is 25.6 Å². The molecule has 2 aliphatic heterocycles. The molecule has 31 heavy (non-hydrogen) atoms. The van der Waals surface area contributed by atoms with Crippen LogP contribution in [-0.2, 0) is 11.2 Å². The first-order valence-corrected chi connectivity index (χ1v) is 10.9. The quantitative estimate of drug-likeness (QED) is 0.657. The molecule has 0 aliphatic carbocycles. The summed E-state index contributed by atoms with van der Waals surface area (Å²) in [5, 5.41) is 14.7. The molecule has 7 heteroatoms. The van der Waals surface area contributed by atoms with Gasteiger partial charge in [-0.2, -0.15) is 0 Å². The lowest BCUT2D eigenvalue weighted by atomic mass is 9.96. The minimum atomic E-state index is -0.564. The second kappa shape index (κ2) is 8.11. The zero-order valence-corrected chi connectivity index (χ0v) is 18.0. The molecule has 2 N–H and O–H groups in total. The maximum atomic E-state index is 13.0. The summed E-state index contributed by atoms with van der Waals surface area (Å²) in [6.45, 7) is 4.74. The van der Waals surface area contributed by atoms with Crippen LogP contribution in [-0.4, -0.2) is 53.2 Å². The second-order valence-corrected chi connectivity index (χ2v) is 8.58. The molecule has 3 aromatic rings. The number of amides is 1. The lowest BCUT2D eigenvalue weighted by Gasteiger charge is -2.29. The number of aromatic nitrogens is 1. The van der Waals surface area contributed by atoms with E-state index in [0.717, 1.165) is 46.2 Å². The maximum Gasteiger partial charge on any atom is 0.264 e. The summed E-state index contributed by atoms with van der Waals surface area (Å²) in [5.74, 6) is 0.742. The lowest BCUT2D eigenvalue weighted by Crippen LogP contribution is -2.50. The Kier molecular flexibility index (Phi) is 5.30. The highest BCUT2D eigenvalue weighted by Crippen LogP contribution is 2.43. The molecular formula is C24H24ClN3O3. The summed E-state index contributed by atoms with van der Waals surface area (Å²) >= 11 is 6.46.